The Bertz CT molecular complexity index is 809. The highest BCUT2D eigenvalue weighted by atomic mass is 16.8. The van der Waals surface area contributed by atoms with E-state index in [2.05, 4.69) is 16.7 Å². The molecule has 0 bridgehead atoms. The fourth-order valence-electron chi connectivity index (χ4n) is 3.60. The van der Waals surface area contributed by atoms with Crippen LogP contribution < -0.4 is 10.6 Å². The first-order valence-corrected chi connectivity index (χ1v) is 8.94. The minimum atomic E-state index is -0.468. The number of nitrogens with zero attached hydrogens (tertiary/aromatic N) is 3. The van der Waals surface area contributed by atoms with Crippen LogP contribution in [0.25, 0.3) is 11.0 Å². The predicted octanol–water partition coefficient (Wildman–Crippen LogP) is 1.26. The highest BCUT2D eigenvalue weighted by Crippen LogP contribution is 2.28. The Morgan fingerprint density at radius 2 is 2.08 bits per heavy atom. The molecule has 1 aliphatic heterocycles. The van der Waals surface area contributed by atoms with E-state index in [1.165, 1.54) is 0 Å². The van der Waals surface area contributed by atoms with Gasteiger partial charge in [0.2, 0.25) is 16.9 Å². The van der Waals surface area contributed by atoms with E-state index in [4.69, 9.17) is 5.73 Å². The van der Waals surface area contributed by atoms with Crippen molar-refractivity contribution in [2.45, 2.75) is 39.2 Å². The Kier molecular flexibility index (Phi) is 5.22. The summed E-state index contributed by atoms with van der Waals surface area (Å²) in [6.07, 6.45) is 2.18. The molecule has 0 spiro atoms. The van der Waals surface area contributed by atoms with Crippen LogP contribution in [-0.2, 0) is 4.79 Å². The van der Waals surface area contributed by atoms with E-state index >= 15 is 0 Å². The summed E-state index contributed by atoms with van der Waals surface area (Å²) in [7, 11) is 0. The van der Waals surface area contributed by atoms with Crippen molar-refractivity contribution in [3.05, 3.63) is 29.0 Å². The molecule has 0 aliphatic carbocycles. The van der Waals surface area contributed by atoms with Crippen molar-refractivity contribution in [3.63, 3.8) is 0 Å². The summed E-state index contributed by atoms with van der Waals surface area (Å²) < 4.78 is 4.53. The van der Waals surface area contributed by atoms with Gasteiger partial charge in [0.25, 0.3) is 0 Å². The molecule has 1 aliphatic rings. The number of Topliss-reactive ketones (excluding diaryl/α,β-unsaturated/α-hetero) is 1. The van der Waals surface area contributed by atoms with E-state index in [0.29, 0.717) is 46.9 Å². The maximum atomic E-state index is 12.6. The number of hydrogen-bond acceptors (Lipinski definition) is 6. The van der Waals surface area contributed by atoms with Crippen molar-refractivity contribution in [3.8, 4) is 0 Å². The van der Waals surface area contributed by atoms with Gasteiger partial charge in [0, 0.05) is 36.3 Å². The summed E-state index contributed by atoms with van der Waals surface area (Å²) >= 11 is 0. The number of fused-ring (bicyclic) bond motifs is 1. The molecule has 8 heteroatoms. The molecule has 1 amide bonds. The van der Waals surface area contributed by atoms with Crippen LogP contribution in [0.4, 0.5) is 0 Å². The molecule has 2 atom stereocenters. The third kappa shape index (κ3) is 3.70. The van der Waals surface area contributed by atoms with Crippen molar-refractivity contribution >= 4 is 22.7 Å². The lowest BCUT2D eigenvalue weighted by Crippen LogP contribution is -2.46. The molecule has 2 heterocycles. The Labute approximate surface area is 151 Å². The Balaban J connectivity index is 1.58. The van der Waals surface area contributed by atoms with Crippen LogP contribution in [-0.4, -0.2) is 40.9 Å². The molecule has 2 N–H and O–H groups in total. The molecule has 26 heavy (non-hydrogen) atoms. The van der Waals surface area contributed by atoms with Crippen LogP contribution in [0.15, 0.2) is 22.8 Å². The number of hydrogen-bond donors (Lipinski definition) is 1. The minimum Gasteiger partial charge on any atom is -0.359 e. The van der Waals surface area contributed by atoms with Gasteiger partial charge < -0.3 is 15.8 Å². The molecule has 2 aromatic rings. The number of nitrogens with two attached hydrogens (primary N) is 1. The maximum absolute atomic E-state index is 12.6. The zero-order valence-corrected chi connectivity index (χ0v) is 15.1. The van der Waals surface area contributed by atoms with Gasteiger partial charge in [-0.15, -0.1) is 0 Å². The van der Waals surface area contributed by atoms with Gasteiger partial charge in [0.15, 0.2) is 5.78 Å². The fraction of sp³-hybridized carbons (Fsp3) is 0.556. The van der Waals surface area contributed by atoms with Gasteiger partial charge in [-0.1, -0.05) is 6.92 Å². The number of piperidine rings is 1. The zero-order chi connectivity index (χ0) is 18.8. The third-order valence-electron chi connectivity index (χ3n) is 5.26. The van der Waals surface area contributed by atoms with Crippen LogP contribution in [0.3, 0.4) is 0 Å². The second-order valence-electron chi connectivity index (χ2n) is 7.19. The standard InChI is InChI=1S/C18H24N4O4/c1-11(13-5-7-21(8-6-13)18(24)12(2)19)9-17(23)14-3-4-16-15(10-14)20-26-22(16)25/h3-4,10-13H,5-9,19H2,1-2H3/t11?,12-/m0/s1. The summed E-state index contributed by atoms with van der Waals surface area (Å²) in [6.45, 7) is 5.16. The lowest BCUT2D eigenvalue weighted by Gasteiger charge is -2.35. The first-order valence-electron chi connectivity index (χ1n) is 8.94. The molecule has 0 radical (unpaired) electrons. The second-order valence-corrected chi connectivity index (χ2v) is 7.19. The van der Waals surface area contributed by atoms with Crippen molar-refractivity contribution in [2.24, 2.45) is 17.6 Å². The van der Waals surface area contributed by atoms with E-state index in [9.17, 15) is 14.8 Å². The lowest BCUT2D eigenvalue weighted by molar-refractivity contribution is -0.782. The Morgan fingerprint density at radius 3 is 2.73 bits per heavy atom. The number of ketones is 1. The summed E-state index contributed by atoms with van der Waals surface area (Å²) in [6, 6.07) is 4.30. The summed E-state index contributed by atoms with van der Waals surface area (Å²) in [5, 5.41) is 15.0. The molecular weight excluding hydrogens is 336 g/mol. The number of carbonyl (C=O) groups is 2. The molecule has 1 fully saturated rings. The normalized spacial score (nSPS) is 18.0. The van der Waals surface area contributed by atoms with Gasteiger partial charge in [-0.3, -0.25) is 14.2 Å². The molecule has 140 valence electrons. The van der Waals surface area contributed by atoms with Gasteiger partial charge in [-0.2, -0.15) is 0 Å². The van der Waals surface area contributed by atoms with Crippen molar-refractivity contribution in [2.75, 3.05) is 13.1 Å². The van der Waals surface area contributed by atoms with E-state index in [-0.39, 0.29) is 17.6 Å². The minimum absolute atomic E-state index is 0.0105. The van der Waals surface area contributed by atoms with Gasteiger partial charge in [0.1, 0.15) is 0 Å². The second kappa shape index (κ2) is 7.41. The smallest absolute Gasteiger partial charge is 0.249 e. The molecule has 1 aromatic heterocycles. The van der Waals surface area contributed by atoms with E-state index in [0.717, 1.165) is 12.8 Å². The Morgan fingerprint density at radius 1 is 1.38 bits per heavy atom. The summed E-state index contributed by atoms with van der Waals surface area (Å²) in [4.78, 5) is 26.7. The molecule has 0 saturated carbocycles. The first kappa shape index (κ1) is 18.3. The van der Waals surface area contributed by atoms with Crippen molar-refractivity contribution in [1.29, 1.82) is 0 Å². The topological polar surface area (TPSA) is 116 Å². The average Bonchev–Trinajstić information content (AvgIpc) is 3.01. The quantitative estimate of drug-likeness (QED) is 0.634. The average molecular weight is 360 g/mol. The van der Waals surface area contributed by atoms with Crippen LogP contribution in [0.2, 0.25) is 0 Å². The van der Waals surface area contributed by atoms with E-state index < -0.39 is 6.04 Å². The van der Waals surface area contributed by atoms with E-state index in [1.807, 2.05) is 4.90 Å². The molecule has 1 aromatic carbocycles. The van der Waals surface area contributed by atoms with Gasteiger partial charge >= 0.3 is 0 Å². The molecular formula is C18H24N4O4. The number of carbonyl (C=O) groups excluding carboxylic acids is 2. The SMILES string of the molecule is CC(CC(=O)c1ccc2c(c1)no[n+]2[O-])C1CCN(C(=O)[C@H](C)N)CC1. The third-order valence-corrected chi connectivity index (χ3v) is 5.26. The lowest BCUT2D eigenvalue weighted by atomic mass is 9.82. The zero-order valence-electron chi connectivity index (χ0n) is 15.1. The predicted molar refractivity (Wildman–Crippen MR) is 94.0 cm³/mol. The highest BCUT2D eigenvalue weighted by molar-refractivity contribution is 5.98. The Hall–Kier alpha value is -2.48. The van der Waals surface area contributed by atoms with Gasteiger partial charge in [-0.25, -0.2) is 0 Å². The summed E-state index contributed by atoms with van der Waals surface area (Å²) in [5.41, 5.74) is 6.88. The van der Waals surface area contributed by atoms with Gasteiger partial charge in [-0.05, 0) is 48.6 Å². The van der Waals surface area contributed by atoms with Crippen LogP contribution >= 0.6 is 0 Å². The largest absolute Gasteiger partial charge is 0.359 e. The molecule has 3 rings (SSSR count). The molecule has 1 saturated heterocycles. The van der Waals surface area contributed by atoms with E-state index in [1.54, 1.807) is 25.1 Å². The number of amides is 1. The maximum Gasteiger partial charge on any atom is 0.249 e. The highest BCUT2D eigenvalue weighted by Gasteiger charge is 2.28. The van der Waals surface area contributed by atoms with Crippen molar-refractivity contribution in [1.82, 2.24) is 10.1 Å². The number of aromatic nitrogens is 2. The number of likely N-dealkylation sites (tertiary alicyclic amines) is 1. The van der Waals surface area contributed by atoms with Crippen LogP contribution in [0.1, 0.15) is 43.5 Å². The molecule has 8 nitrogen and oxygen atoms in total. The number of rotatable bonds is 5. The summed E-state index contributed by atoms with van der Waals surface area (Å²) in [5.74, 6) is 0.626. The van der Waals surface area contributed by atoms with Crippen LogP contribution in [0.5, 0.6) is 0 Å². The first-order chi connectivity index (χ1) is 12.4. The number of benzene rings is 1. The monoisotopic (exact) mass is 360 g/mol. The molecule has 1 unspecified atom stereocenters. The fourth-order valence-corrected chi connectivity index (χ4v) is 3.60. The van der Waals surface area contributed by atoms with Crippen LogP contribution in [0, 0.1) is 17.0 Å². The van der Waals surface area contributed by atoms with Gasteiger partial charge in [0.05, 0.1) is 6.04 Å². The van der Waals surface area contributed by atoms with Crippen molar-refractivity contribution < 1.29 is 19.1 Å².